The largest absolute Gasteiger partial charge is 0.303 e. The van der Waals surface area contributed by atoms with Crippen molar-refractivity contribution in [2.24, 2.45) is 5.41 Å². The van der Waals surface area contributed by atoms with Crippen LogP contribution in [0.3, 0.4) is 0 Å². The van der Waals surface area contributed by atoms with Crippen LogP contribution in [-0.2, 0) is 11.2 Å². The minimum atomic E-state index is -0.0564. The van der Waals surface area contributed by atoms with Gasteiger partial charge in [-0.3, -0.25) is 4.98 Å². The summed E-state index contributed by atoms with van der Waals surface area (Å²) >= 11 is 0. The summed E-state index contributed by atoms with van der Waals surface area (Å²) < 4.78 is 0. The normalized spacial score (nSPS) is 18.2. The van der Waals surface area contributed by atoms with Crippen LogP contribution < -0.4 is 0 Å². The van der Waals surface area contributed by atoms with Crippen molar-refractivity contribution in [2.45, 2.75) is 26.2 Å². The molecule has 2 nitrogen and oxygen atoms in total. The number of pyridine rings is 1. The summed E-state index contributed by atoms with van der Waals surface area (Å²) in [7, 11) is 0. The van der Waals surface area contributed by atoms with E-state index in [-0.39, 0.29) is 5.41 Å². The lowest BCUT2D eigenvalue weighted by Crippen LogP contribution is -2.08. The lowest BCUT2D eigenvalue weighted by Gasteiger charge is -2.07. The second-order valence-corrected chi connectivity index (χ2v) is 3.92. The minimum Gasteiger partial charge on any atom is -0.303 e. The van der Waals surface area contributed by atoms with E-state index in [1.807, 2.05) is 19.1 Å². The van der Waals surface area contributed by atoms with Gasteiger partial charge in [0.05, 0.1) is 0 Å². The number of rotatable bonds is 3. The maximum atomic E-state index is 10.8. The van der Waals surface area contributed by atoms with Crippen molar-refractivity contribution in [2.75, 3.05) is 0 Å². The molecule has 0 aliphatic heterocycles. The van der Waals surface area contributed by atoms with Crippen molar-refractivity contribution < 1.29 is 4.79 Å². The Labute approximate surface area is 78.0 Å². The van der Waals surface area contributed by atoms with Gasteiger partial charge in [0.2, 0.25) is 0 Å². The van der Waals surface area contributed by atoms with Gasteiger partial charge < -0.3 is 4.79 Å². The lowest BCUT2D eigenvalue weighted by molar-refractivity contribution is -0.112. The van der Waals surface area contributed by atoms with Gasteiger partial charge in [0, 0.05) is 23.7 Å². The Hall–Kier alpha value is -1.18. The highest BCUT2D eigenvalue weighted by atomic mass is 16.1. The fraction of sp³-hybridized carbons (Fsp3) is 0.455. The summed E-state index contributed by atoms with van der Waals surface area (Å²) in [6, 6.07) is 3.97. The molecule has 2 heteroatoms. The van der Waals surface area contributed by atoms with E-state index >= 15 is 0 Å². The van der Waals surface area contributed by atoms with Gasteiger partial charge in [0.1, 0.15) is 6.29 Å². The number of aryl methyl sites for hydroxylation is 1. The summed E-state index contributed by atoms with van der Waals surface area (Å²) in [6.07, 6.45) is 5.78. The number of hydrogen-bond donors (Lipinski definition) is 0. The lowest BCUT2D eigenvalue weighted by atomic mass is 9.99. The van der Waals surface area contributed by atoms with Gasteiger partial charge in [-0.25, -0.2) is 0 Å². The van der Waals surface area contributed by atoms with E-state index in [4.69, 9.17) is 0 Å². The second kappa shape index (κ2) is 2.95. The Kier molecular flexibility index (Phi) is 1.91. The first kappa shape index (κ1) is 8.42. The van der Waals surface area contributed by atoms with Gasteiger partial charge >= 0.3 is 0 Å². The van der Waals surface area contributed by atoms with Crippen molar-refractivity contribution >= 4 is 6.29 Å². The zero-order valence-electron chi connectivity index (χ0n) is 7.79. The first-order valence-corrected chi connectivity index (χ1v) is 4.63. The van der Waals surface area contributed by atoms with Gasteiger partial charge in [-0.05, 0) is 31.4 Å². The Morgan fingerprint density at radius 1 is 1.62 bits per heavy atom. The van der Waals surface area contributed by atoms with Crippen LogP contribution in [0.15, 0.2) is 18.3 Å². The molecule has 0 N–H and O–H groups in total. The van der Waals surface area contributed by atoms with Crippen LogP contribution in [0, 0.1) is 12.3 Å². The topological polar surface area (TPSA) is 30.0 Å². The monoisotopic (exact) mass is 175 g/mol. The molecule has 0 bridgehead atoms. The van der Waals surface area contributed by atoms with Crippen LogP contribution in [0.2, 0.25) is 0 Å². The minimum absolute atomic E-state index is 0.0564. The number of hydrogen-bond acceptors (Lipinski definition) is 2. The summed E-state index contributed by atoms with van der Waals surface area (Å²) in [4.78, 5) is 15.1. The molecule has 0 radical (unpaired) electrons. The third kappa shape index (κ3) is 1.62. The Balaban J connectivity index is 2.18. The molecule has 0 spiro atoms. The summed E-state index contributed by atoms with van der Waals surface area (Å²) in [5, 5.41) is 0. The van der Waals surface area contributed by atoms with E-state index in [0.717, 1.165) is 31.2 Å². The number of carbonyl (C=O) groups is 1. The average Bonchev–Trinajstić information content (AvgIpc) is 2.90. The first-order chi connectivity index (χ1) is 6.26. The zero-order chi connectivity index (χ0) is 9.31. The van der Waals surface area contributed by atoms with Crippen LogP contribution in [0.1, 0.15) is 24.1 Å². The SMILES string of the molecule is Cc1cccnc1CC1(C=O)CC1. The van der Waals surface area contributed by atoms with E-state index in [1.54, 1.807) is 6.20 Å². The van der Waals surface area contributed by atoms with Crippen molar-refractivity contribution in [3.05, 3.63) is 29.6 Å². The van der Waals surface area contributed by atoms with Crippen molar-refractivity contribution in [1.82, 2.24) is 4.98 Å². The fourth-order valence-corrected chi connectivity index (χ4v) is 1.53. The molecule has 1 aliphatic rings. The number of nitrogens with zero attached hydrogens (tertiary/aromatic N) is 1. The molecule has 1 saturated carbocycles. The van der Waals surface area contributed by atoms with Crippen molar-refractivity contribution in [1.29, 1.82) is 0 Å². The van der Waals surface area contributed by atoms with Crippen LogP contribution >= 0.6 is 0 Å². The van der Waals surface area contributed by atoms with Gasteiger partial charge in [0.25, 0.3) is 0 Å². The third-order valence-corrected chi connectivity index (χ3v) is 2.78. The van der Waals surface area contributed by atoms with E-state index in [1.165, 1.54) is 5.56 Å². The first-order valence-electron chi connectivity index (χ1n) is 4.63. The van der Waals surface area contributed by atoms with Crippen LogP contribution in [-0.4, -0.2) is 11.3 Å². The van der Waals surface area contributed by atoms with E-state index in [0.29, 0.717) is 0 Å². The summed E-state index contributed by atoms with van der Waals surface area (Å²) in [5.41, 5.74) is 2.21. The summed E-state index contributed by atoms with van der Waals surface area (Å²) in [6.45, 7) is 2.04. The Morgan fingerprint density at radius 2 is 2.38 bits per heavy atom. The van der Waals surface area contributed by atoms with Gasteiger partial charge in [-0.15, -0.1) is 0 Å². The molecule has 1 aliphatic carbocycles. The molecule has 0 atom stereocenters. The van der Waals surface area contributed by atoms with Gasteiger partial charge in [-0.2, -0.15) is 0 Å². The van der Waals surface area contributed by atoms with Crippen LogP contribution in [0.25, 0.3) is 0 Å². The third-order valence-electron chi connectivity index (χ3n) is 2.78. The van der Waals surface area contributed by atoms with Crippen LogP contribution in [0.5, 0.6) is 0 Å². The zero-order valence-corrected chi connectivity index (χ0v) is 7.79. The maximum Gasteiger partial charge on any atom is 0.126 e. The van der Waals surface area contributed by atoms with Crippen molar-refractivity contribution in [3.8, 4) is 0 Å². The standard InChI is InChI=1S/C11H13NO/c1-9-3-2-6-12-10(9)7-11(8-13)4-5-11/h2-3,6,8H,4-5,7H2,1H3. The number of aldehydes is 1. The highest BCUT2D eigenvalue weighted by Crippen LogP contribution is 2.46. The molecular weight excluding hydrogens is 162 g/mol. The second-order valence-electron chi connectivity index (χ2n) is 3.92. The van der Waals surface area contributed by atoms with Gasteiger partial charge in [0.15, 0.2) is 0 Å². The molecule has 1 fully saturated rings. The number of aromatic nitrogens is 1. The highest BCUT2D eigenvalue weighted by molar-refractivity contribution is 5.64. The molecule has 13 heavy (non-hydrogen) atoms. The molecule has 0 unspecified atom stereocenters. The van der Waals surface area contributed by atoms with Crippen molar-refractivity contribution in [3.63, 3.8) is 0 Å². The molecular formula is C11H13NO. The quantitative estimate of drug-likeness (QED) is 0.657. The average molecular weight is 175 g/mol. The Bertz CT molecular complexity index is 329. The number of carbonyl (C=O) groups excluding carboxylic acids is 1. The smallest absolute Gasteiger partial charge is 0.126 e. The van der Waals surface area contributed by atoms with Crippen LogP contribution in [0.4, 0.5) is 0 Å². The molecule has 1 aromatic heterocycles. The fourth-order valence-electron chi connectivity index (χ4n) is 1.53. The maximum absolute atomic E-state index is 10.8. The highest BCUT2D eigenvalue weighted by Gasteiger charge is 2.42. The predicted molar refractivity (Wildman–Crippen MR) is 50.4 cm³/mol. The van der Waals surface area contributed by atoms with E-state index in [2.05, 4.69) is 4.98 Å². The Morgan fingerprint density at radius 3 is 2.92 bits per heavy atom. The van der Waals surface area contributed by atoms with E-state index in [9.17, 15) is 4.79 Å². The molecule has 2 rings (SSSR count). The molecule has 0 saturated heterocycles. The van der Waals surface area contributed by atoms with E-state index < -0.39 is 0 Å². The molecule has 0 aromatic carbocycles. The molecule has 1 heterocycles. The molecule has 0 amide bonds. The van der Waals surface area contributed by atoms with Gasteiger partial charge in [-0.1, -0.05) is 6.07 Å². The summed E-state index contributed by atoms with van der Waals surface area (Å²) in [5.74, 6) is 0. The predicted octanol–water partition coefficient (Wildman–Crippen LogP) is 1.91. The molecule has 1 aromatic rings. The molecule has 68 valence electrons.